The Hall–Kier alpha value is -2.87. The van der Waals surface area contributed by atoms with E-state index in [1.54, 1.807) is 36.4 Å². The third-order valence-corrected chi connectivity index (χ3v) is 2.42. The number of aryl methyl sites for hydroxylation is 1. The zero-order valence-corrected chi connectivity index (χ0v) is 10.3. The molecule has 2 aromatic rings. The first-order valence-electron chi connectivity index (χ1n) is 5.68. The zero-order chi connectivity index (χ0) is 13.7. The number of nitrogens with zero attached hydrogens (tertiary/aromatic N) is 2. The molecule has 0 bridgehead atoms. The summed E-state index contributed by atoms with van der Waals surface area (Å²) in [6.07, 6.45) is 3.10. The minimum atomic E-state index is -0.254. The van der Waals surface area contributed by atoms with Gasteiger partial charge < -0.3 is 5.32 Å². The summed E-state index contributed by atoms with van der Waals surface area (Å²) in [5.41, 5.74) is 2.33. The predicted octanol–water partition coefficient (Wildman–Crippen LogP) is 2.24. The molecule has 0 spiro atoms. The van der Waals surface area contributed by atoms with E-state index in [2.05, 4.69) is 15.5 Å². The lowest BCUT2D eigenvalue weighted by Gasteiger charge is -1.96. The van der Waals surface area contributed by atoms with Gasteiger partial charge in [-0.25, -0.2) is 0 Å². The standard InChI is InChI=1S/C14H12N4O/c1-10-8-13(18-17-10)16-14(19)7-6-11-2-4-12(9-15)5-3-11/h2-8H,1H3,(H2,16,17,18,19). The second-order valence-electron chi connectivity index (χ2n) is 3.99. The van der Waals surface area contributed by atoms with Crippen LogP contribution in [0.2, 0.25) is 0 Å². The van der Waals surface area contributed by atoms with Crippen molar-refractivity contribution in [1.82, 2.24) is 10.2 Å². The molecule has 2 rings (SSSR count). The fraction of sp³-hybridized carbons (Fsp3) is 0.0714. The fourth-order valence-electron chi connectivity index (χ4n) is 1.49. The molecule has 2 N–H and O–H groups in total. The van der Waals surface area contributed by atoms with Gasteiger partial charge in [0.15, 0.2) is 5.82 Å². The van der Waals surface area contributed by atoms with Crippen LogP contribution in [0.15, 0.2) is 36.4 Å². The van der Waals surface area contributed by atoms with Gasteiger partial charge in [0.2, 0.25) is 5.91 Å². The number of carbonyl (C=O) groups excluding carboxylic acids is 1. The first-order chi connectivity index (χ1) is 9.17. The lowest BCUT2D eigenvalue weighted by molar-refractivity contribution is -0.111. The topological polar surface area (TPSA) is 81.6 Å². The molecule has 5 heteroatoms. The van der Waals surface area contributed by atoms with Crippen molar-refractivity contribution in [3.8, 4) is 6.07 Å². The first-order valence-corrected chi connectivity index (χ1v) is 5.68. The molecule has 1 heterocycles. The highest BCUT2D eigenvalue weighted by Gasteiger charge is 2.00. The van der Waals surface area contributed by atoms with E-state index in [1.807, 2.05) is 13.0 Å². The van der Waals surface area contributed by atoms with E-state index in [0.29, 0.717) is 11.4 Å². The fourth-order valence-corrected chi connectivity index (χ4v) is 1.49. The maximum absolute atomic E-state index is 11.6. The third kappa shape index (κ3) is 3.54. The van der Waals surface area contributed by atoms with Crippen LogP contribution in [0.3, 0.4) is 0 Å². The molecule has 0 fully saturated rings. The Labute approximate surface area is 110 Å². The number of hydrogen-bond donors (Lipinski definition) is 2. The first kappa shape index (κ1) is 12.6. The molecule has 0 saturated heterocycles. The predicted molar refractivity (Wildman–Crippen MR) is 72.1 cm³/mol. The number of aromatic amines is 1. The van der Waals surface area contributed by atoms with Gasteiger partial charge in [0.05, 0.1) is 11.6 Å². The number of H-pyrrole nitrogens is 1. The molecule has 0 atom stereocenters. The molecule has 0 aliphatic rings. The van der Waals surface area contributed by atoms with Gasteiger partial charge in [-0.05, 0) is 30.7 Å². The molecule has 1 aromatic carbocycles. The van der Waals surface area contributed by atoms with Crippen LogP contribution in [0, 0.1) is 18.3 Å². The van der Waals surface area contributed by atoms with E-state index in [9.17, 15) is 4.79 Å². The molecule has 0 aliphatic heterocycles. The molecule has 0 aliphatic carbocycles. The summed E-state index contributed by atoms with van der Waals surface area (Å²) < 4.78 is 0. The summed E-state index contributed by atoms with van der Waals surface area (Å²) in [6.45, 7) is 1.86. The number of carbonyl (C=O) groups is 1. The number of hydrogen-bond acceptors (Lipinski definition) is 3. The van der Waals surface area contributed by atoms with E-state index in [1.165, 1.54) is 6.08 Å². The summed E-state index contributed by atoms with van der Waals surface area (Å²) in [7, 11) is 0. The molecule has 0 radical (unpaired) electrons. The molecule has 94 valence electrons. The Morgan fingerprint density at radius 3 is 2.74 bits per heavy atom. The van der Waals surface area contributed by atoms with Gasteiger partial charge in [-0.15, -0.1) is 0 Å². The normalized spacial score (nSPS) is 10.3. The summed E-state index contributed by atoms with van der Waals surface area (Å²) in [5, 5.41) is 18.0. The maximum atomic E-state index is 11.6. The average Bonchev–Trinajstić information content (AvgIpc) is 2.82. The van der Waals surface area contributed by atoms with Gasteiger partial charge in [-0.3, -0.25) is 9.89 Å². The number of nitrogens with one attached hydrogen (secondary N) is 2. The zero-order valence-electron chi connectivity index (χ0n) is 10.3. The molecule has 1 aromatic heterocycles. The lowest BCUT2D eigenvalue weighted by Crippen LogP contribution is -2.07. The Morgan fingerprint density at radius 2 is 2.16 bits per heavy atom. The van der Waals surface area contributed by atoms with Gasteiger partial charge in [-0.2, -0.15) is 10.4 Å². The van der Waals surface area contributed by atoms with E-state index >= 15 is 0 Å². The van der Waals surface area contributed by atoms with Crippen molar-refractivity contribution in [2.45, 2.75) is 6.92 Å². The van der Waals surface area contributed by atoms with E-state index in [0.717, 1.165) is 11.3 Å². The van der Waals surface area contributed by atoms with E-state index < -0.39 is 0 Å². The highest BCUT2D eigenvalue weighted by atomic mass is 16.1. The van der Waals surface area contributed by atoms with E-state index in [-0.39, 0.29) is 5.91 Å². The summed E-state index contributed by atoms with van der Waals surface area (Å²) in [5.74, 6) is 0.239. The molecule has 0 saturated carbocycles. The van der Waals surface area contributed by atoms with Crippen molar-refractivity contribution in [2.75, 3.05) is 5.32 Å². The van der Waals surface area contributed by atoms with Gasteiger partial charge in [0, 0.05) is 17.8 Å². The van der Waals surface area contributed by atoms with Gasteiger partial charge in [0.1, 0.15) is 0 Å². The van der Waals surface area contributed by atoms with Crippen LogP contribution in [-0.4, -0.2) is 16.1 Å². The summed E-state index contributed by atoms with van der Waals surface area (Å²) in [4.78, 5) is 11.6. The quantitative estimate of drug-likeness (QED) is 0.822. The van der Waals surface area contributed by atoms with Crippen LogP contribution in [-0.2, 0) is 4.79 Å². The Kier molecular flexibility index (Phi) is 3.74. The van der Waals surface area contributed by atoms with Crippen molar-refractivity contribution >= 4 is 17.8 Å². The molecule has 19 heavy (non-hydrogen) atoms. The number of anilines is 1. The van der Waals surface area contributed by atoms with Crippen molar-refractivity contribution in [1.29, 1.82) is 5.26 Å². The van der Waals surface area contributed by atoms with Gasteiger partial charge >= 0.3 is 0 Å². The van der Waals surface area contributed by atoms with Crippen molar-refractivity contribution in [2.24, 2.45) is 0 Å². The van der Waals surface area contributed by atoms with Gasteiger partial charge in [-0.1, -0.05) is 12.1 Å². The Bertz CT molecular complexity index is 647. The minimum Gasteiger partial charge on any atom is -0.306 e. The minimum absolute atomic E-state index is 0.254. The van der Waals surface area contributed by atoms with Crippen LogP contribution in [0.4, 0.5) is 5.82 Å². The van der Waals surface area contributed by atoms with Crippen LogP contribution in [0.5, 0.6) is 0 Å². The third-order valence-electron chi connectivity index (χ3n) is 2.42. The average molecular weight is 252 g/mol. The summed E-state index contributed by atoms with van der Waals surface area (Å²) >= 11 is 0. The number of aromatic nitrogens is 2. The smallest absolute Gasteiger partial charge is 0.249 e. The Morgan fingerprint density at radius 1 is 1.42 bits per heavy atom. The number of rotatable bonds is 3. The molecular formula is C14H12N4O. The molecule has 5 nitrogen and oxygen atoms in total. The highest BCUT2D eigenvalue weighted by Crippen LogP contribution is 2.06. The lowest BCUT2D eigenvalue weighted by atomic mass is 10.1. The van der Waals surface area contributed by atoms with Crippen LogP contribution in [0.25, 0.3) is 6.08 Å². The van der Waals surface area contributed by atoms with Crippen molar-refractivity contribution in [3.63, 3.8) is 0 Å². The maximum Gasteiger partial charge on any atom is 0.249 e. The SMILES string of the molecule is Cc1cc(NC(=O)C=Cc2ccc(C#N)cc2)n[nH]1. The van der Waals surface area contributed by atoms with Gasteiger partial charge in [0.25, 0.3) is 0 Å². The highest BCUT2D eigenvalue weighted by molar-refractivity contribution is 6.01. The monoisotopic (exact) mass is 252 g/mol. The van der Waals surface area contributed by atoms with Crippen LogP contribution in [0.1, 0.15) is 16.8 Å². The Balaban J connectivity index is 1.97. The second kappa shape index (κ2) is 5.65. The molecule has 1 amide bonds. The number of amides is 1. The largest absolute Gasteiger partial charge is 0.306 e. The molecule has 0 unspecified atom stereocenters. The number of benzene rings is 1. The van der Waals surface area contributed by atoms with E-state index in [4.69, 9.17) is 5.26 Å². The van der Waals surface area contributed by atoms with Crippen molar-refractivity contribution in [3.05, 3.63) is 53.2 Å². The molecular weight excluding hydrogens is 240 g/mol. The van der Waals surface area contributed by atoms with Crippen LogP contribution < -0.4 is 5.32 Å². The second-order valence-corrected chi connectivity index (χ2v) is 3.99. The van der Waals surface area contributed by atoms with Crippen LogP contribution >= 0.6 is 0 Å². The van der Waals surface area contributed by atoms with Crippen molar-refractivity contribution < 1.29 is 4.79 Å². The summed E-state index contributed by atoms with van der Waals surface area (Å²) in [6, 6.07) is 10.7. The number of nitriles is 1.